The summed E-state index contributed by atoms with van der Waals surface area (Å²) in [7, 11) is 0. The van der Waals surface area contributed by atoms with Gasteiger partial charge in [0.2, 0.25) is 0 Å². The molecule has 0 spiro atoms. The van der Waals surface area contributed by atoms with Crippen LogP contribution in [-0.2, 0) is 19.2 Å². The zero-order chi connectivity index (χ0) is 20.6. The van der Waals surface area contributed by atoms with E-state index in [0.717, 1.165) is 24.3 Å². The highest BCUT2D eigenvalue weighted by molar-refractivity contribution is 5.79. The van der Waals surface area contributed by atoms with Crippen molar-refractivity contribution in [3.8, 4) is 0 Å². The Morgan fingerprint density at radius 3 is 0.625 bits per heavy atom. The molecule has 0 atom stereocenters. The lowest BCUT2D eigenvalue weighted by atomic mass is 10.7. The monoisotopic (exact) mass is 350 g/mol. The van der Waals surface area contributed by atoms with Crippen molar-refractivity contribution in [3.05, 3.63) is 50.6 Å². The summed E-state index contributed by atoms with van der Waals surface area (Å²) in [6, 6.07) is 0. The molecule has 0 unspecified atom stereocenters. The first-order valence-corrected chi connectivity index (χ1v) is 5.63. The number of aliphatic hydroxyl groups is 2. The second kappa shape index (κ2) is 31.9. The minimum absolute atomic E-state index is 0.125. The Kier molecular flexibility index (Phi) is 43.4. The van der Waals surface area contributed by atoms with Crippen LogP contribution in [0.3, 0.4) is 0 Å². The van der Waals surface area contributed by atoms with Gasteiger partial charge in [-0.2, -0.15) is 0 Å². The summed E-state index contributed by atoms with van der Waals surface area (Å²) in [5.74, 6) is -3.93. The van der Waals surface area contributed by atoms with Crippen molar-refractivity contribution in [2.24, 2.45) is 0 Å². The third-order valence-corrected chi connectivity index (χ3v) is 0.798. The van der Waals surface area contributed by atoms with Crippen molar-refractivity contribution >= 4 is 23.9 Å². The van der Waals surface area contributed by atoms with Crippen molar-refractivity contribution in [2.45, 2.75) is 0 Å². The first-order chi connectivity index (χ1) is 11.0. The van der Waals surface area contributed by atoms with E-state index in [2.05, 4.69) is 26.3 Å². The number of aliphatic hydroxyl groups excluding tert-OH is 2. The minimum Gasteiger partial charge on any atom is -0.478 e. The maximum Gasteiger partial charge on any atom is 0.327 e. The Labute approximate surface area is 138 Å². The summed E-state index contributed by atoms with van der Waals surface area (Å²) in [5, 5.41) is 45.7. The summed E-state index contributed by atoms with van der Waals surface area (Å²) in [5.41, 5.74) is 0. The molecule has 0 aliphatic carbocycles. The molecule has 0 aromatic carbocycles. The third-order valence-electron chi connectivity index (χ3n) is 0.798. The maximum absolute atomic E-state index is 9.25. The largest absolute Gasteiger partial charge is 0.478 e. The first-order valence-electron chi connectivity index (χ1n) is 5.63. The normalized spacial score (nSPS) is 6.58. The average molecular weight is 350 g/mol. The molecule has 0 saturated heterocycles. The molecule has 0 rings (SSSR count). The van der Waals surface area contributed by atoms with E-state index in [1.54, 1.807) is 0 Å². The van der Waals surface area contributed by atoms with Gasteiger partial charge in [-0.15, -0.1) is 0 Å². The Balaban J connectivity index is -0.0000000628. The Morgan fingerprint density at radius 2 is 0.625 bits per heavy atom. The van der Waals surface area contributed by atoms with Crippen LogP contribution in [0.4, 0.5) is 0 Å². The second-order valence-corrected chi connectivity index (χ2v) is 2.62. The van der Waals surface area contributed by atoms with Crippen LogP contribution in [0.2, 0.25) is 0 Å². The lowest BCUT2D eigenvalue weighted by Gasteiger charge is -1.70. The summed E-state index contributed by atoms with van der Waals surface area (Å²) in [6.45, 7) is 11.6. The van der Waals surface area contributed by atoms with Gasteiger partial charge in [0.05, 0.1) is 13.2 Å². The molecule has 6 N–H and O–H groups in total. The Hall–Kier alpha value is -3.24. The van der Waals surface area contributed by atoms with E-state index in [0.29, 0.717) is 0 Å². The standard InChI is InChI=1S/4C3H4O2.C2H6O2/c4*1-2-3(4)5;3-1-2-4/h4*2H,1H2,(H,4,5);3-4H,1-2H2. The predicted octanol–water partition coefficient (Wildman–Crippen LogP) is -0.001000. The maximum atomic E-state index is 9.25. The molecule has 0 aliphatic heterocycles. The van der Waals surface area contributed by atoms with Crippen LogP contribution in [0.25, 0.3) is 0 Å². The van der Waals surface area contributed by atoms with Crippen LogP contribution in [0.15, 0.2) is 50.6 Å². The van der Waals surface area contributed by atoms with Gasteiger partial charge in [0.25, 0.3) is 0 Å². The van der Waals surface area contributed by atoms with Gasteiger partial charge in [-0.3, -0.25) is 0 Å². The molecule has 0 bridgehead atoms. The molecule has 0 aromatic heterocycles. The van der Waals surface area contributed by atoms with E-state index < -0.39 is 23.9 Å². The fourth-order valence-corrected chi connectivity index (χ4v) is 0. The number of hydrogen-bond donors (Lipinski definition) is 6. The lowest BCUT2D eigenvalue weighted by molar-refractivity contribution is -0.132. The van der Waals surface area contributed by atoms with E-state index in [4.69, 9.17) is 30.6 Å². The van der Waals surface area contributed by atoms with Crippen molar-refractivity contribution in [2.75, 3.05) is 13.2 Å². The van der Waals surface area contributed by atoms with Crippen LogP contribution in [-0.4, -0.2) is 67.7 Å². The fourth-order valence-electron chi connectivity index (χ4n) is 0. The van der Waals surface area contributed by atoms with E-state index in [9.17, 15) is 19.2 Å². The van der Waals surface area contributed by atoms with Gasteiger partial charge in [0.1, 0.15) is 0 Å². The predicted molar refractivity (Wildman–Crippen MR) is 85.5 cm³/mol. The van der Waals surface area contributed by atoms with Crippen molar-refractivity contribution in [1.82, 2.24) is 0 Å². The molecule has 0 aromatic rings. The van der Waals surface area contributed by atoms with Crippen molar-refractivity contribution < 1.29 is 49.8 Å². The number of hydrogen-bond acceptors (Lipinski definition) is 6. The summed E-state index contributed by atoms with van der Waals surface area (Å²) in [6.07, 6.45) is 3.33. The molecule has 0 heterocycles. The highest BCUT2D eigenvalue weighted by atomic mass is 16.4. The molecule has 0 saturated carbocycles. The van der Waals surface area contributed by atoms with Gasteiger partial charge in [0, 0.05) is 24.3 Å². The zero-order valence-electron chi connectivity index (χ0n) is 12.9. The van der Waals surface area contributed by atoms with Gasteiger partial charge in [-0.1, -0.05) is 26.3 Å². The quantitative estimate of drug-likeness (QED) is 0.368. The van der Waals surface area contributed by atoms with Crippen LogP contribution < -0.4 is 0 Å². The second-order valence-electron chi connectivity index (χ2n) is 2.62. The highest BCUT2D eigenvalue weighted by Crippen LogP contribution is 1.56. The van der Waals surface area contributed by atoms with E-state index >= 15 is 0 Å². The molecule has 0 radical (unpaired) electrons. The molecular formula is C14H22O10. The molecule has 138 valence electrons. The Morgan fingerprint density at radius 1 is 0.542 bits per heavy atom. The van der Waals surface area contributed by atoms with Crippen LogP contribution >= 0.6 is 0 Å². The number of carboxylic acids is 4. The Bertz CT molecular complexity index is 324. The van der Waals surface area contributed by atoms with Gasteiger partial charge in [0.15, 0.2) is 0 Å². The minimum atomic E-state index is -0.981. The van der Waals surface area contributed by atoms with Crippen molar-refractivity contribution in [3.63, 3.8) is 0 Å². The van der Waals surface area contributed by atoms with Crippen molar-refractivity contribution in [1.29, 1.82) is 0 Å². The molecule has 10 heteroatoms. The highest BCUT2D eigenvalue weighted by Gasteiger charge is 1.74. The summed E-state index contributed by atoms with van der Waals surface area (Å²) >= 11 is 0. The van der Waals surface area contributed by atoms with Crippen LogP contribution in [0, 0.1) is 0 Å². The van der Waals surface area contributed by atoms with Crippen LogP contribution in [0.1, 0.15) is 0 Å². The zero-order valence-corrected chi connectivity index (χ0v) is 12.9. The fraction of sp³-hybridized carbons (Fsp3) is 0.143. The number of rotatable bonds is 5. The molecule has 10 nitrogen and oxygen atoms in total. The van der Waals surface area contributed by atoms with E-state index in [1.807, 2.05) is 0 Å². The number of aliphatic carboxylic acids is 4. The average Bonchev–Trinajstić information content (AvgIpc) is 2.56. The van der Waals surface area contributed by atoms with Gasteiger partial charge >= 0.3 is 23.9 Å². The van der Waals surface area contributed by atoms with Gasteiger partial charge in [-0.05, 0) is 0 Å². The van der Waals surface area contributed by atoms with Crippen LogP contribution in [0.5, 0.6) is 0 Å². The summed E-state index contributed by atoms with van der Waals surface area (Å²) < 4.78 is 0. The molecule has 0 fully saturated rings. The number of carboxylic acid groups (broad SMARTS) is 4. The molecule has 24 heavy (non-hydrogen) atoms. The van der Waals surface area contributed by atoms with E-state index in [1.165, 1.54) is 0 Å². The number of carbonyl (C=O) groups is 4. The summed E-state index contributed by atoms with van der Waals surface area (Å²) in [4.78, 5) is 37.0. The molecular weight excluding hydrogens is 328 g/mol. The topological polar surface area (TPSA) is 190 Å². The molecule has 0 amide bonds. The third kappa shape index (κ3) is 178. The van der Waals surface area contributed by atoms with E-state index in [-0.39, 0.29) is 13.2 Å². The SMILES string of the molecule is C=CC(=O)O.C=CC(=O)O.C=CC(=O)O.C=CC(=O)O.OCCO. The first kappa shape index (κ1) is 32.6. The van der Waals surface area contributed by atoms with Gasteiger partial charge < -0.3 is 30.6 Å². The van der Waals surface area contributed by atoms with Gasteiger partial charge in [-0.25, -0.2) is 19.2 Å². The molecule has 0 aliphatic rings. The smallest absolute Gasteiger partial charge is 0.327 e. The lowest BCUT2D eigenvalue weighted by Crippen LogP contribution is -1.85.